The van der Waals surface area contributed by atoms with Crippen LogP contribution in [0.25, 0.3) is 0 Å². The molecule has 2 aromatic rings. The van der Waals surface area contributed by atoms with Gasteiger partial charge in [-0.05, 0) is 73.9 Å². The van der Waals surface area contributed by atoms with Gasteiger partial charge < -0.3 is 18.9 Å². The first-order valence-corrected chi connectivity index (χ1v) is 17.1. The molecular formula is C38H59N3O4. The van der Waals surface area contributed by atoms with Gasteiger partial charge in [-0.25, -0.2) is 0 Å². The second-order valence-corrected chi connectivity index (χ2v) is 12.1. The van der Waals surface area contributed by atoms with Gasteiger partial charge in [-0.1, -0.05) is 89.7 Å². The van der Waals surface area contributed by atoms with Crippen molar-refractivity contribution >= 4 is 0 Å². The fourth-order valence-electron chi connectivity index (χ4n) is 6.26. The van der Waals surface area contributed by atoms with Crippen molar-refractivity contribution in [2.45, 2.75) is 128 Å². The minimum absolute atomic E-state index is 0.0968. The quantitative estimate of drug-likeness (QED) is 0.0813. The van der Waals surface area contributed by atoms with Gasteiger partial charge in [-0.3, -0.25) is 0 Å². The summed E-state index contributed by atoms with van der Waals surface area (Å²) in [4.78, 5) is 0. The summed E-state index contributed by atoms with van der Waals surface area (Å²) >= 11 is 0. The van der Waals surface area contributed by atoms with Crippen molar-refractivity contribution in [1.82, 2.24) is 0 Å². The fourth-order valence-corrected chi connectivity index (χ4v) is 6.26. The molecule has 0 aliphatic heterocycles. The normalized spacial score (nSPS) is 13.3. The number of hydrogen-bond donors (Lipinski definition) is 0. The maximum atomic E-state index is 10.8. The van der Waals surface area contributed by atoms with E-state index in [2.05, 4.69) is 35.4 Å². The van der Waals surface area contributed by atoms with Crippen LogP contribution in [0.5, 0.6) is 23.0 Å². The third-order valence-corrected chi connectivity index (χ3v) is 8.96. The molecule has 0 radical (unpaired) electrons. The first-order valence-electron chi connectivity index (χ1n) is 17.1. The predicted molar refractivity (Wildman–Crippen MR) is 184 cm³/mol. The van der Waals surface area contributed by atoms with Crippen LogP contribution in [0.1, 0.15) is 121 Å². The van der Waals surface area contributed by atoms with Crippen LogP contribution in [0.3, 0.4) is 0 Å². The molecule has 0 fully saturated rings. The lowest BCUT2D eigenvalue weighted by atomic mass is 9.73. The summed E-state index contributed by atoms with van der Waals surface area (Å²) in [6.45, 7) is 2.27. The Bertz CT molecular complexity index is 1140. The number of ether oxygens (including phenoxy) is 4. The van der Waals surface area contributed by atoms with Crippen molar-refractivity contribution in [2.75, 3.05) is 35.5 Å². The number of nitrogens with zero attached hydrogens (tertiary/aromatic N) is 3. The zero-order valence-electron chi connectivity index (χ0n) is 29.0. The molecule has 0 aromatic heterocycles. The second-order valence-electron chi connectivity index (χ2n) is 12.1. The topological polar surface area (TPSA) is 85.4 Å². The van der Waals surface area contributed by atoms with E-state index in [4.69, 9.17) is 18.9 Å². The molecule has 2 rings (SSSR count). The zero-order valence-corrected chi connectivity index (χ0v) is 29.0. The molecule has 0 aliphatic carbocycles. The third-order valence-electron chi connectivity index (χ3n) is 8.96. The maximum absolute atomic E-state index is 10.8. The molecule has 0 heterocycles. The Hall–Kier alpha value is -3.27. The fraction of sp³-hybridized carbons (Fsp3) is 0.658. The van der Waals surface area contributed by atoms with Crippen LogP contribution in [0.4, 0.5) is 0 Å². The molecule has 0 spiro atoms. The average Bonchev–Trinajstić information content (AvgIpc) is 3.08. The van der Waals surface area contributed by atoms with Crippen LogP contribution < -0.4 is 18.9 Å². The molecule has 0 bridgehead atoms. The lowest BCUT2D eigenvalue weighted by Gasteiger charge is -2.29. The smallest absolute Gasteiger partial charge is 0.203 e. The molecule has 0 saturated heterocycles. The van der Waals surface area contributed by atoms with E-state index in [-0.39, 0.29) is 6.04 Å². The van der Waals surface area contributed by atoms with Gasteiger partial charge in [0, 0.05) is 7.05 Å². The number of unbranched alkanes of at least 4 members (excludes halogenated alkanes) is 10. The van der Waals surface area contributed by atoms with Crippen molar-refractivity contribution in [3.05, 3.63) is 47.5 Å². The van der Waals surface area contributed by atoms with E-state index < -0.39 is 5.41 Å². The Labute approximate surface area is 273 Å². The van der Waals surface area contributed by atoms with Crippen molar-refractivity contribution < 1.29 is 18.9 Å². The van der Waals surface area contributed by atoms with E-state index in [1.165, 1.54) is 63.4 Å². The molecule has 45 heavy (non-hydrogen) atoms. The monoisotopic (exact) mass is 621 g/mol. The summed E-state index contributed by atoms with van der Waals surface area (Å²) in [5, 5.41) is 19.5. The molecule has 7 heteroatoms. The molecule has 0 N–H and O–H groups in total. The molecule has 7 nitrogen and oxygen atoms in total. The van der Waals surface area contributed by atoms with Crippen LogP contribution in [0, 0.1) is 11.3 Å². The SMILES string of the molecule is CCCCCCCCCCCCCC(C#N)(CCCC(CCc1cccc(OC)c1)/N=N/C)c1cc(OC)c(OC)c(OC)c1. The summed E-state index contributed by atoms with van der Waals surface area (Å²) in [5.41, 5.74) is 1.50. The lowest BCUT2D eigenvalue weighted by Crippen LogP contribution is -2.25. The van der Waals surface area contributed by atoms with Crippen molar-refractivity contribution in [1.29, 1.82) is 5.26 Å². The van der Waals surface area contributed by atoms with Crippen LogP contribution >= 0.6 is 0 Å². The van der Waals surface area contributed by atoms with Crippen LogP contribution in [0.2, 0.25) is 0 Å². The number of methoxy groups -OCH3 is 4. The van der Waals surface area contributed by atoms with Gasteiger partial charge in [-0.2, -0.15) is 15.5 Å². The summed E-state index contributed by atoms with van der Waals surface area (Å²) in [5.74, 6) is 2.58. The molecule has 0 amide bonds. The number of rotatable bonds is 25. The number of aryl methyl sites for hydroxylation is 1. The van der Waals surface area contributed by atoms with E-state index in [9.17, 15) is 5.26 Å². The van der Waals surface area contributed by atoms with Crippen molar-refractivity contribution in [3.63, 3.8) is 0 Å². The lowest BCUT2D eigenvalue weighted by molar-refractivity contribution is 0.321. The van der Waals surface area contributed by atoms with Gasteiger partial charge in [0.1, 0.15) is 5.75 Å². The Morgan fingerprint density at radius 2 is 1.33 bits per heavy atom. The number of hydrogen-bond acceptors (Lipinski definition) is 7. The number of azo groups is 1. The average molecular weight is 622 g/mol. The molecular weight excluding hydrogens is 562 g/mol. The standard InChI is InChI=1S/C38H59N3O4/c1-7-8-9-10-11-12-13-14-15-16-17-25-38(30-39,32-28-35(43-4)37(45-6)36(29-32)44-5)26-19-21-33(41-40-2)24-23-31-20-18-22-34(27-31)42-3/h18,20,22,27-29,33H,7-17,19,21,23-26H2,1-6H3/b41-40+. The van der Waals surface area contributed by atoms with E-state index in [1.807, 2.05) is 24.3 Å². The highest BCUT2D eigenvalue weighted by Gasteiger charge is 2.34. The summed E-state index contributed by atoms with van der Waals surface area (Å²) in [6, 6.07) is 15.0. The molecule has 2 unspecified atom stereocenters. The van der Waals surface area contributed by atoms with Crippen LogP contribution in [0.15, 0.2) is 46.6 Å². The Morgan fingerprint density at radius 3 is 1.87 bits per heavy atom. The van der Waals surface area contributed by atoms with Gasteiger partial charge >= 0.3 is 0 Å². The minimum atomic E-state index is -0.660. The zero-order chi connectivity index (χ0) is 32.8. The van der Waals surface area contributed by atoms with E-state index in [0.717, 1.165) is 62.7 Å². The third kappa shape index (κ3) is 12.9. The van der Waals surface area contributed by atoms with Gasteiger partial charge in [-0.15, -0.1) is 0 Å². The Morgan fingerprint density at radius 1 is 0.733 bits per heavy atom. The Balaban J connectivity index is 2.10. The van der Waals surface area contributed by atoms with E-state index in [0.29, 0.717) is 17.2 Å². The Kier molecular flexibility index (Phi) is 18.8. The first kappa shape index (κ1) is 37.9. The largest absolute Gasteiger partial charge is 0.497 e. The predicted octanol–water partition coefficient (Wildman–Crippen LogP) is 10.4. The van der Waals surface area contributed by atoms with Gasteiger partial charge in [0.15, 0.2) is 11.5 Å². The van der Waals surface area contributed by atoms with Crippen molar-refractivity contribution in [3.8, 4) is 29.1 Å². The summed E-state index contributed by atoms with van der Waals surface area (Å²) < 4.78 is 22.4. The number of nitriles is 1. The van der Waals surface area contributed by atoms with Crippen LogP contribution in [-0.2, 0) is 11.8 Å². The highest BCUT2D eigenvalue weighted by atomic mass is 16.5. The van der Waals surface area contributed by atoms with E-state index >= 15 is 0 Å². The summed E-state index contributed by atoms with van der Waals surface area (Å²) in [7, 11) is 8.29. The first-order chi connectivity index (χ1) is 22.0. The highest BCUT2D eigenvalue weighted by Crippen LogP contribution is 2.44. The molecule has 0 aliphatic rings. The molecule has 2 aromatic carbocycles. The minimum Gasteiger partial charge on any atom is -0.497 e. The van der Waals surface area contributed by atoms with Crippen LogP contribution in [-0.4, -0.2) is 41.5 Å². The molecule has 2 atom stereocenters. The van der Waals surface area contributed by atoms with Gasteiger partial charge in [0.2, 0.25) is 5.75 Å². The molecule has 0 saturated carbocycles. The van der Waals surface area contributed by atoms with E-state index in [1.54, 1.807) is 35.5 Å². The van der Waals surface area contributed by atoms with Gasteiger partial charge in [0.05, 0.1) is 46.0 Å². The van der Waals surface area contributed by atoms with Gasteiger partial charge in [0.25, 0.3) is 0 Å². The highest BCUT2D eigenvalue weighted by molar-refractivity contribution is 5.56. The molecule has 250 valence electrons. The number of benzene rings is 2. The maximum Gasteiger partial charge on any atom is 0.203 e. The summed E-state index contributed by atoms with van der Waals surface area (Å²) in [6.07, 6.45) is 19.1. The second kappa shape index (κ2) is 22.3. The van der Waals surface area contributed by atoms with Crippen molar-refractivity contribution in [2.24, 2.45) is 10.2 Å².